The lowest BCUT2D eigenvalue weighted by Crippen LogP contribution is -2.36. The van der Waals surface area contributed by atoms with Crippen molar-refractivity contribution in [2.45, 2.75) is 38.7 Å². The zero-order valence-electron chi connectivity index (χ0n) is 10.4. The fourth-order valence-corrected chi connectivity index (χ4v) is 1.22. The first kappa shape index (κ1) is 16.4. The molecular formula is C10H17F2NO5. The SMILES string of the molecule is CC(C)(C)OC(=O)N1CCC(F)(F)C1.O=C(O)O. The van der Waals surface area contributed by atoms with E-state index in [2.05, 4.69) is 0 Å². The summed E-state index contributed by atoms with van der Waals surface area (Å²) >= 11 is 0. The summed E-state index contributed by atoms with van der Waals surface area (Å²) in [7, 11) is 0. The van der Waals surface area contributed by atoms with Crippen LogP contribution in [-0.4, -0.2) is 52.0 Å². The number of nitrogens with zero attached hydrogens (tertiary/aromatic N) is 1. The Hall–Kier alpha value is -1.60. The Morgan fingerprint density at radius 3 is 2.00 bits per heavy atom. The van der Waals surface area contributed by atoms with Crippen molar-refractivity contribution in [3.8, 4) is 0 Å². The first-order valence-corrected chi connectivity index (χ1v) is 5.20. The van der Waals surface area contributed by atoms with E-state index in [1.54, 1.807) is 20.8 Å². The van der Waals surface area contributed by atoms with Gasteiger partial charge >= 0.3 is 12.2 Å². The topological polar surface area (TPSA) is 87.1 Å². The molecule has 0 bridgehead atoms. The zero-order chi connectivity index (χ0) is 14.6. The highest BCUT2D eigenvalue weighted by Gasteiger charge is 2.41. The summed E-state index contributed by atoms with van der Waals surface area (Å²) in [4.78, 5) is 20.9. The van der Waals surface area contributed by atoms with Crippen LogP contribution in [-0.2, 0) is 4.74 Å². The maximum atomic E-state index is 12.7. The molecule has 1 fully saturated rings. The van der Waals surface area contributed by atoms with Crippen molar-refractivity contribution in [3.63, 3.8) is 0 Å². The van der Waals surface area contributed by atoms with Crippen LogP contribution in [0.4, 0.5) is 18.4 Å². The molecule has 1 aliphatic heterocycles. The third-order valence-corrected chi connectivity index (χ3v) is 1.82. The maximum absolute atomic E-state index is 12.7. The predicted octanol–water partition coefficient (Wildman–Crippen LogP) is 2.48. The van der Waals surface area contributed by atoms with Gasteiger partial charge in [-0.1, -0.05) is 0 Å². The first-order chi connectivity index (χ1) is 7.93. The second kappa shape index (κ2) is 5.83. The molecule has 8 heteroatoms. The van der Waals surface area contributed by atoms with Crippen molar-refractivity contribution in [2.24, 2.45) is 0 Å². The second-order valence-electron chi connectivity index (χ2n) is 4.79. The molecule has 0 aromatic rings. The van der Waals surface area contributed by atoms with Gasteiger partial charge in [-0.05, 0) is 20.8 Å². The molecule has 0 atom stereocenters. The van der Waals surface area contributed by atoms with E-state index in [-0.39, 0.29) is 13.0 Å². The van der Waals surface area contributed by atoms with Crippen LogP contribution in [0.3, 0.4) is 0 Å². The molecule has 1 amide bonds. The molecule has 0 unspecified atom stereocenters. The lowest BCUT2D eigenvalue weighted by Gasteiger charge is -2.24. The summed E-state index contributed by atoms with van der Waals surface area (Å²) in [6, 6.07) is 0. The van der Waals surface area contributed by atoms with Crippen LogP contribution in [0.15, 0.2) is 0 Å². The van der Waals surface area contributed by atoms with E-state index in [0.29, 0.717) is 0 Å². The standard InChI is InChI=1S/C9H15F2NO2.CH2O3/c1-8(2,3)14-7(13)12-5-4-9(10,11)6-12;2-1(3)4/h4-6H2,1-3H3;(H2,2,3,4). The van der Waals surface area contributed by atoms with Gasteiger partial charge < -0.3 is 19.8 Å². The van der Waals surface area contributed by atoms with Gasteiger partial charge in [0.25, 0.3) is 5.92 Å². The van der Waals surface area contributed by atoms with Gasteiger partial charge in [0.1, 0.15) is 5.60 Å². The number of rotatable bonds is 0. The van der Waals surface area contributed by atoms with Crippen LogP contribution < -0.4 is 0 Å². The molecular weight excluding hydrogens is 252 g/mol. The van der Waals surface area contributed by atoms with Crippen LogP contribution in [0.5, 0.6) is 0 Å². The summed E-state index contributed by atoms with van der Waals surface area (Å²) in [6.45, 7) is 4.67. The number of hydrogen-bond donors (Lipinski definition) is 2. The minimum absolute atomic E-state index is 0.0713. The van der Waals surface area contributed by atoms with Gasteiger partial charge in [-0.15, -0.1) is 0 Å². The summed E-state index contributed by atoms with van der Waals surface area (Å²) in [5.74, 6) is -2.75. The highest BCUT2D eigenvalue weighted by molar-refractivity contribution is 5.68. The number of likely N-dealkylation sites (tertiary alicyclic amines) is 1. The summed E-state index contributed by atoms with van der Waals surface area (Å²) < 4.78 is 30.4. The average molecular weight is 269 g/mol. The van der Waals surface area contributed by atoms with E-state index in [1.165, 1.54) is 0 Å². The molecule has 2 N–H and O–H groups in total. The molecule has 106 valence electrons. The minimum Gasteiger partial charge on any atom is -0.450 e. The van der Waals surface area contributed by atoms with Crippen molar-refractivity contribution in [2.75, 3.05) is 13.1 Å². The Balaban J connectivity index is 0.000000631. The number of carbonyl (C=O) groups excluding carboxylic acids is 1. The van der Waals surface area contributed by atoms with E-state index in [0.717, 1.165) is 4.90 Å². The monoisotopic (exact) mass is 269 g/mol. The number of carboxylic acid groups (broad SMARTS) is 2. The van der Waals surface area contributed by atoms with Crippen LogP contribution in [0.25, 0.3) is 0 Å². The van der Waals surface area contributed by atoms with Gasteiger partial charge in [-0.2, -0.15) is 0 Å². The van der Waals surface area contributed by atoms with Gasteiger partial charge in [0.15, 0.2) is 0 Å². The largest absolute Gasteiger partial charge is 0.503 e. The summed E-state index contributed by atoms with van der Waals surface area (Å²) in [5, 5.41) is 13.9. The molecule has 0 aromatic heterocycles. The Morgan fingerprint density at radius 1 is 1.28 bits per heavy atom. The summed E-state index contributed by atoms with van der Waals surface area (Å²) in [6.07, 6.45) is -2.76. The molecule has 0 aromatic carbocycles. The van der Waals surface area contributed by atoms with Crippen molar-refractivity contribution in [3.05, 3.63) is 0 Å². The molecule has 0 aliphatic carbocycles. The zero-order valence-corrected chi connectivity index (χ0v) is 10.4. The van der Waals surface area contributed by atoms with Crippen molar-refractivity contribution in [1.82, 2.24) is 4.90 Å². The number of hydrogen-bond acceptors (Lipinski definition) is 3. The Bertz CT molecular complexity index is 310. The third-order valence-electron chi connectivity index (χ3n) is 1.82. The first-order valence-electron chi connectivity index (χ1n) is 5.20. The molecule has 1 heterocycles. The maximum Gasteiger partial charge on any atom is 0.503 e. The minimum atomic E-state index is -2.75. The molecule has 0 spiro atoms. The molecule has 0 radical (unpaired) electrons. The highest BCUT2D eigenvalue weighted by atomic mass is 19.3. The van der Waals surface area contributed by atoms with E-state index in [1.807, 2.05) is 0 Å². The van der Waals surface area contributed by atoms with Gasteiger partial charge in [-0.25, -0.2) is 18.4 Å². The van der Waals surface area contributed by atoms with Crippen LogP contribution in [0.2, 0.25) is 0 Å². The molecule has 1 rings (SSSR count). The summed E-state index contributed by atoms with van der Waals surface area (Å²) in [5.41, 5.74) is -0.630. The fraction of sp³-hybridized carbons (Fsp3) is 0.800. The van der Waals surface area contributed by atoms with Gasteiger partial charge in [0.05, 0.1) is 6.54 Å². The third kappa shape index (κ3) is 7.64. The molecule has 1 aliphatic rings. The number of carbonyl (C=O) groups is 2. The molecule has 18 heavy (non-hydrogen) atoms. The van der Waals surface area contributed by atoms with Gasteiger partial charge in [-0.3, -0.25) is 0 Å². The molecule has 0 saturated carbocycles. The normalized spacial score (nSPS) is 17.7. The van der Waals surface area contributed by atoms with Crippen molar-refractivity contribution >= 4 is 12.2 Å². The number of halogens is 2. The van der Waals surface area contributed by atoms with Crippen LogP contribution >= 0.6 is 0 Å². The van der Waals surface area contributed by atoms with E-state index in [4.69, 9.17) is 19.7 Å². The number of ether oxygens (including phenoxy) is 1. The van der Waals surface area contributed by atoms with Crippen LogP contribution in [0.1, 0.15) is 27.2 Å². The van der Waals surface area contributed by atoms with E-state index in [9.17, 15) is 13.6 Å². The Labute approximate surface area is 103 Å². The van der Waals surface area contributed by atoms with Gasteiger partial charge in [0.2, 0.25) is 0 Å². The van der Waals surface area contributed by atoms with E-state index < -0.39 is 30.3 Å². The number of alkyl halides is 2. The van der Waals surface area contributed by atoms with Crippen molar-refractivity contribution in [1.29, 1.82) is 0 Å². The molecule has 1 saturated heterocycles. The smallest absolute Gasteiger partial charge is 0.450 e. The highest BCUT2D eigenvalue weighted by Crippen LogP contribution is 2.27. The second-order valence-corrected chi connectivity index (χ2v) is 4.79. The lowest BCUT2D eigenvalue weighted by atomic mass is 10.2. The number of amides is 1. The quantitative estimate of drug-likeness (QED) is 0.705. The van der Waals surface area contributed by atoms with E-state index >= 15 is 0 Å². The molecule has 6 nitrogen and oxygen atoms in total. The van der Waals surface area contributed by atoms with Crippen LogP contribution in [0, 0.1) is 0 Å². The Morgan fingerprint density at radius 2 is 1.72 bits per heavy atom. The van der Waals surface area contributed by atoms with Gasteiger partial charge in [0, 0.05) is 13.0 Å². The fourth-order valence-electron chi connectivity index (χ4n) is 1.22. The average Bonchev–Trinajstić information content (AvgIpc) is 2.41. The lowest BCUT2D eigenvalue weighted by molar-refractivity contribution is -0.00189. The van der Waals surface area contributed by atoms with Crippen molar-refractivity contribution < 1.29 is 33.3 Å². The predicted molar refractivity (Wildman–Crippen MR) is 58.0 cm³/mol. The Kier molecular flexibility index (Phi) is 5.31.